The Kier molecular flexibility index (Phi) is 7.81. The summed E-state index contributed by atoms with van der Waals surface area (Å²) in [7, 11) is 0. The Hall–Kier alpha value is -3.17. The molecule has 1 spiro atoms. The summed E-state index contributed by atoms with van der Waals surface area (Å²) in [6.45, 7) is 10.8. The molecular formula is C31H41N3O6. The summed E-state index contributed by atoms with van der Waals surface area (Å²) in [6, 6.07) is 5.70. The maximum Gasteiger partial charge on any atom is 0.249 e. The molecule has 2 fully saturated rings. The van der Waals surface area contributed by atoms with Gasteiger partial charge in [0.05, 0.1) is 37.2 Å². The second-order valence-electron chi connectivity index (χ2n) is 11.5. The van der Waals surface area contributed by atoms with Gasteiger partial charge >= 0.3 is 0 Å². The van der Waals surface area contributed by atoms with Gasteiger partial charge in [-0.05, 0) is 51.0 Å². The highest BCUT2D eigenvalue weighted by molar-refractivity contribution is 6.04. The average molecular weight is 552 g/mol. The van der Waals surface area contributed by atoms with E-state index in [1.807, 2.05) is 83.2 Å². The lowest BCUT2D eigenvalue weighted by molar-refractivity contribution is -0.152. The van der Waals surface area contributed by atoms with E-state index < -0.39 is 35.6 Å². The molecule has 0 aliphatic carbocycles. The molecule has 3 amide bonds. The zero-order valence-electron chi connectivity index (χ0n) is 24.0. The molecule has 4 aliphatic rings. The van der Waals surface area contributed by atoms with Crippen molar-refractivity contribution in [1.82, 2.24) is 9.80 Å². The first-order valence-electron chi connectivity index (χ1n) is 14.5. The Balaban J connectivity index is 1.60. The van der Waals surface area contributed by atoms with Gasteiger partial charge in [0.2, 0.25) is 17.7 Å². The van der Waals surface area contributed by atoms with Crippen molar-refractivity contribution < 1.29 is 29.0 Å². The predicted octanol–water partition coefficient (Wildman–Crippen LogP) is 2.78. The molecule has 1 aromatic carbocycles. The molecule has 4 heterocycles. The van der Waals surface area contributed by atoms with E-state index >= 15 is 0 Å². The van der Waals surface area contributed by atoms with E-state index in [1.54, 1.807) is 14.7 Å². The van der Waals surface area contributed by atoms with Crippen molar-refractivity contribution in [3.8, 4) is 5.75 Å². The van der Waals surface area contributed by atoms with Crippen LogP contribution in [0.15, 0.2) is 48.6 Å². The fourth-order valence-electron chi connectivity index (χ4n) is 6.85. The average Bonchev–Trinajstić information content (AvgIpc) is 3.25. The molecule has 1 N–H and O–H groups in total. The third kappa shape index (κ3) is 4.34. The van der Waals surface area contributed by atoms with Crippen LogP contribution in [0.25, 0.3) is 0 Å². The van der Waals surface area contributed by atoms with Crippen LogP contribution < -0.4 is 9.64 Å². The first kappa shape index (κ1) is 28.4. The lowest BCUT2D eigenvalue weighted by Gasteiger charge is -2.41. The molecule has 0 saturated carbocycles. The number of ether oxygens (including phenoxy) is 2. The number of amides is 3. The number of carbonyl (C=O) groups excluding carboxylic acids is 3. The van der Waals surface area contributed by atoms with Gasteiger partial charge in [-0.15, -0.1) is 0 Å². The van der Waals surface area contributed by atoms with Crippen LogP contribution in [0.3, 0.4) is 0 Å². The second-order valence-corrected chi connectivity index (χ2v) is 11.5. The van der Waals surface area contributed by atoms with Crippen molar-refractivity contribution in [2.24, 2.45) is 17.8 Å². The van der Waals surface area contributed by atoms with Crippen molar-refractivity contribution >= 4 is 23.4 Å². The van der Waals surface area contributed by atoms with Gasteiger partial charge in [0.15, 0.2) is 0 Å². The number of hydrogen-bond donors (Lipinski definition) is 1. The molecule has 0 radical (unpaired) electrons. The number of benzene rings is 1. The Morgan fingerprint density at radius 2 is 1.75 bits per heavy atom. The number of rotatable bonds is 8. The first-order valence-corrected chi connectivity index (χ1v) is 14.5. The Morgan fingerprint density at radius 3 is 2.38 bits per heavy atom. The van der Waals surface area contributed by atoms with Crippen LogP contribution >= 0.6 is 0 Å². The fraction of sp³-hybridized carbons (Fsp3) is 0.581. The third-order valence-electron chi connectivity index (χ3n) is 9.06. The van der Waals surface area contributed by atoms with Crippen molar-refractivity contribution in [2.75, 3.05) is 31.2 Å². The van der Waals surface area contributed by atoms with E-state index in [4.69, 9.17) is 9.47 Å². The second kappa shape index (κ2) is 11.0. The molecule has 7 atom stereocenters. The van der Waals surface area contributed by atoms with Gasteiger partial charge in [-0.25, -0.2) is 0 Å². The van der Waals surface area contributed by atoms with Gasteiger partial charge < -0.3 is 29.3 Å². The number of fused-ring (bicyclic) bond motifs is 2. The molecule has 40 heavy (non-hydrogen) atoms. The Labute approximate surface area is 236 Å². The molecule has 0 aromatic heterocycles. The summed E-state index contributed by atoms with van der Waals surface area (Å²) >= 11 is 0. The summed E-state index contributed by atoms with van der Waals surface area (Å²) in [6.07, 6.45) is 7.56. The summed E-state index contributed by atoms with van der Waals surface area (Å²) < 4.78 is 12.3. The number of aliphatic hydroxyl groups is 1. The standard InChI is InChI=1S/C31H41N3O6/c1-6-20(5)23(18-35)34-27-30(38)32(19(3)4)17-9-15-31(27)26(29(34)37)25-24(40-31)10-8-16-33(28(25)36)21-11-13-22(14-12-21)39-7-2/h8-15,19-20,23-27,35H,6-7,16-18H2,1-5H3/t20-,23-,24-,25+,26-,27?,31-/m0/s1. The zero-order chi connectivity index (χ0) is 28.8. The van der Waals surface area contributed by atoms with Crippen LogP contribution in [0, 0.1) is 17.8 Å². The van der Waals surface area contributed by atoms with E-state index in [0.29, 0.717) is 31.1 Å². The molecule has 2 saturated heterocycles. The van der Waals surface area contributed by atoms with E-state index in [2.05, 4.69) is 0 Å². The van der Waals surface area contributed by atoms with Crippen LogP contribution in [-0.4, -0.2) is 88.8 Å². The van der Waals surface area contributed by atoms with E-state index in [-0.39, 0.29) is 36.3 Å². The van der Waals surface area contributed by atoms with Crippen molar-refractivity contribution in [1.29, 1.82) is 0 Å². The van der Waals surface area contributed by atoms with Crippen LogP contribution in [0.1, 0.15) is 41.0 Å². The SMILES string of the molecule is CCOc1ccc(N2CC=C[C@@H]3O[C@]45C=CCN(C(C)C)C(=O)C4N([C@@H](CO)[C@@H](C)CC)C(=O)[C@@H]5[C@@H]3C2=O)cc1. The molecule has 1 aromatic rings. The lowest BCUT2D eigenvalue weighted by Crippen LogP contribution is -2.60. The third-order valence-corrected chi connectivity index (χ3v) is 9.06. The minimum absolute atomic E-state index is 0.0572. The van der Waals surface area contributed by atoms with E-state index in [9.17, 15) is 19.5 Å². The van der Waals surface area contributed by atoms with Gasteiger partial charge in [-0.2, -0.15) is 0 Å². The molecule has 1 unspecified atom stereocenters. The summed E-state index contributed by atoms with van der Waals surface area (Å²) in [5.41, 5.74) is -0.611. The highest BCUT2D eigenvalue weighted by Crippen LogP contribution is 2.54. The van der Waals surface area contributed by atoms with Crippen LogP contribution in [0.2, 0.25) is 0 Å². The van der Waals surface area contributed by atoms with Crippen molar-refractivity contribution in [3.05, 3.63) is 48.6 Å². The van der Waals surface area contributed by atoms with Gasteiger partial charge in [0, 0.05) is 24.8 Å². The molecular weight excluding hydrogens is 510 g/mol. The van der Waals surface area contributed by atoms with Gasteiger partial charge in [0.25, 0.3) is 0 Å². The zero-order valence-corrected chi connectivity index (χ0v) is 24.0. The number of hydrogen-bond acceptors (Lipinski definition) is 6. The summed E-state index contributed by atoms with van der Waals surface area (Å²) in [4.78, 5) is 48.0. The quantitative estimate of drug-likeness (QED) is 0.499. The Morgan fingerprint density at radius 1 is 1.02 bits per heavy atom. The lowest BCUT2D eigenvalue weighted by atomic mass is 9.77. The highest BCUT2D eigenvalue weighted by Gasteiger charge is 2.72. The minimum atomic E-state index is -1.31. The van der Waals surface area contributed by atoms with Crippen LogP contribution in [0.5, 0.6) is 5.75 Å². The van der Waals surface area contributed by atoms with E-state index in [0.717, 1.165) is 6.42 Å². The Bertz CT molecular complexity index is 1200. The molecule has 216 valence electrons. The molecule has 5 rings (SSSR count). The van der Waals surface area contributed by atoms with Gasteiger partial charge in [-0.1, -0.05) is 44.6 Å². The minimum Gasteiger partial charge on any atom is -0.494 e. The van der Waals surface area contributed by atoms with Crippen molar-refractivity contribution in [3.63, 3.8) is 0 Å². The van der Waals surface area contributed by atoms with E-state index in [1.165, 1.54) is 0 Å². The molecule has 4 aliphatic heterocycles. The highest BCUT2D eigenvalue weighted by atomic mass is 16.5. The topological polar surface area (TPSA) is 99.6 Å². The fourth-order valence-corrected chi connectivity index (χ4v) is 6.85. The summed E-state index contributed by atoms with van der Waals surface area (Å²) in [5.74, 6) is -1.79. The number of likely N-dealkylation sites (tertiary alicyclic amines) is 1. The molecule has 9 nitrogen and oxygen atoms in total. The van der Waals surface area contributed by atoms with Crippen LogP contribution in [-0.2, 0) is 19.1 Å². The molecule has 0 bridgehead atoms. The maximum absolute atomic E-state index is 14.5. The normalized spacial score (nSPS) is 31.2. The number of anilines is 1. The van der Waals surface area contributed by atoms with Gasteiger partial charge in [0.1, 0.15) is 17.4 Å². The van der Waals surface area contributed by atoms with Crippen molar-refractivity contribution in [2.45, 2.75) is 70.9 Å². The molecule has 9 heteroatoms. The number of aliphatic hydroxyl groups excluding tert-OH is 1. The number of nitrogens with zero attached hydrogens (tertiary/aromatic N) is 3. The smallest absolute Gasteiger partial charge is 0.249 e. The monoisotopic (exact) mass is 551 g/mol. The summed E-state index contributed by atoms with van der Waals surface area (Å²) in [5, 5.41) is 10.5. The largest absolute Gasteiger partial charge is 0.494 e. The van der Waals surface area contributed by atoms with Gasteiger partial charge in [-0.3, -0.25) is 14.4 Å². The first-order chi connectivity index (χ1) is 19.2. The number of carbonyl (C=O) groups is 3. The van der Waals surface area contributed by atoms with Crippen LogP contribution in [0.4, 0.5) is 5.69 Å². The maximum atomic E-state index is 14.5. The predicted molar refractivity (Wildman–Crippen MR) is 151 cm³/mol.